The standard InChI is InChI=1S/C28H29N5O3/c1-18-6-13-26-30-24(16-33(26)15-18)17-36-25-5-3-4-21(14-25)27(34)29-19(2)20-7-9-22(10-8-20)31-28(35)32-23-11-12-23/h3-10,13-16,19,23H,11-12,17H2,1-2H3,(H,29,34)(H2,31,32,35). The number of fused-ring (bicyclic) bond motifs is 1. The lowest BCUT2D eigenvalue weighted by atomic mass is 10.1. The maximum Gasteiger partial charge on any atom is 0.319 e. The fourth-order valence-electron chi connectivity index (χ4n) is 3.91. The van der Waals surface area contributed by atoms with Gasteiger partial charge >= 0.3 is 6.03 Å². The van der Waals surface area contributed by atoms with E-state index in [1.54, 1.807) is 18.2 Å². The molecule has 184 valence electrons. The number of amides is 3. The molecule has 1 fully saturated rings. The van der Waals surface area contributed by atoms with E-state index in [0.29, 0.717) is 29.6 Å². The Morgan fingerprint density at radius 3 is 2.67 bits per heavy atom. The highest BCUT2D eigenvalue weighted by Crippen LogP contribution is 2.21. The molecule has 1 aliphatic carbocycles. The molecule has 0 spiro atoms. The summed E-state index contributed by atoms with van der Waals surface area (Å²) < 4.78 is 7.89. The number of nitrogens with zero attached hydrogens (tertiary/aromatic N) is 2. The number of urea groups is 1. The van der Waals surface area contributed by atoms with Gasteiger partial charge in [0.15, 0.2) is 0 Å². The number of aryl methyl sites for hydroxylation is 1. The van der Waals surface area contributed by atoms with Crippen LogP contribution in [0.1, 0.15) is 53.0 Å². The minimum Gasteiger partial charge on any atom is -0.487 e. The van der Waals surface area contributed by atoms with Crippen molar-refractivity contribution in [1.29, 1.82) is 0 Å². The summed E-state index contributed by atoms with van der Waals surface area (Å²) in [5.41, 5.74) is 5.00. The number of benzene rings is 2. The molecule has 3 amide bonds. The first-order valence-electron chi connectivity index (χ1n) is 12.1. The number of ether oxygens (including phenoxy) is 1. The summed E-state index contributed by atoms with van der Waals surface area (Å²) in [7, 11) is 0. The number of anilines is 1. The molecule has 5 rings (SSSR count). The quantitative estimate of drug-likeness (QED) is 0.329. The van der Waals surface area contributed by atoms with Crippen molar-refractivity contribution in [2.75, 3.05) is 5.32 Å². The molecule has 0 saturated heterocycles. The zero-order valence-corrected chi connectivity index (χ0v) is 20.3. The highest BCUT2D eigenvalue weighted by molar-refractivity contribution is 5.94. The summed E-state index contributed by atoms with van der Waals surface area (Å²) in [6.07, 6.45) is 6.05. The summed E-state index contributed by atoms with van der Waals surface area (Å²) in [4.78, 5) is 29.3. The number of aromatic nitrogens is 2. The van der Waals surface area contributed by atoms with E-state index >= 15 is 0 Å². The topological polar surface area (TPSA) is 96.8 Å². The van der Waals surface area contributed by atoms with Crippen molar-refractivity contribution < 1.29 is 14.3 Å². The molecule has 2 heterocycles. The average molecular weight is 484 g/mol. The maximum atomic E-state index is 12.9. The molecule has 1 saturated carbocycles. The maximum absolute atomic E-state index is 12.9. The van der Waals surface area contributed by atoms with Gasteiger partial charge in [-0.3, -0.25) is 4.79 Å². The lowest BCUT2D eigenvalue weighted by Crippen LogP contribution is -2.30. The van der Waals surface area contributed by atoms with Crippen molar-refractivity contribution in [3.8, 4) is 5.75 Å². The van der Waals surface area contributed by atoms with Gasteiger partial charge in [-0.1, -0.05) is 24.3 Å². The molecular formula is C28H29N5O3. The lowest BCUT2D eigenvalue weighted by molar-refractivity contribution is 0.0939. The van der Waals surface area contributed by atoms with Gasteiger partial charge in [-0.15, -0.1) is 0 Å². The van der Waals surface area contributed by atoms with Gasteiger partial charge in [0.05, 0.1) is 11.7 Å². The SMILES string of the molecule is Cc1ccc2nc(COc3cccc(C(=O)NC(C)c4ccc(NC(=O)NC5CC5)cc4)c3)cn2c1. The molecule has 8 nitrogen and oxygen atoms in total. The van der Waals surface area contributed by atoms with Crippen LogP contribution in [0.15, 0.2) is 73.1 Å². The van der Waals surface area contributed by atoms with E-state index in [4.69, 9.17) is 4.74 Å². The molecule has 0 bridgehead atoms. The Hall–Kier alpha value is -4.33. The number of carbonyl (C=O) groups is 2. The number of nitrogens with one attached hydrogen (secondary N) is 3. The zero-order chi connectivity index (χ0) is 25.1. The van der Waals surface area contributed by atoms with Gasteiger partial charge in [0.2, 0.25) is 0 Å². The number of hydrogen-bond donors (Lipinski definition) is 3. The minimum atomic E-state index is -0.210. The van der Waals surface area contributed by atoms with Crippen molar-refractivity contribution in [2.24, 2.45) is 0 Å². The third-order valence-electron chi connectivity index (χ3n) is 6.06. The van der Waals surface area contributed by atoms with Crippen LogP contribution in [-0.2, 0) is 6.61 Å². The Morgan fingerprint density at radius 2 is 1.89 bits per heavy atom. The van der Waals surface area contributed by atoms with Crippen molar-refractivity contribution in [1.82, 2.24) is 20.0 Å². The first-order chi connectivity index (χ1) is 17.4. The molecule has 4 aromatic rings. The van der Waals surface area contributed by atoms with E-state index in [0.717, 1.165) is 35.3 Å². The summed E-state index contributed by atoms with van der Waals surface area (Å²) in [5, 5.41) is 8.74. The van der Waals surface area contributed by atoms with Crippen LogP contribution in [0.3, 0.4) is 0 Å². The van der Waals surface area contributed by atoms with Crippen LogP contribution in [0.5, 0.6) is 5.75 Å². The Balaban J connectivity index is 1.16. The van der Waals surface area contributed by atoms with Crippen LogP contribution in [0.25, 0.3) is 5.65 Å². The molecule has 0 radical (unpaired) electrons. The Bertz CT molecular complexity index is 1390. The van der Waals surface area contributed by atoms with Gasteiger partial charge in [-0.05, 0) is 74.2 Å². The first-order valence-corrected chi connectivity index (χ1v) is 12.1. The van der Waals surface area contributed by atoms with E-state index in [2.05, 4.69) is 20.9 Å². The highest BCUT2D eigenvalue weighted by atomic mass is 16.5. The summed E-state index contributed by atoms with van der Waals surface area (Å²) in [6.45, 7) is 4.27. The Kier molecular flexibility index (Phi) is 6.58. The van der Waals surface area contributed by atoms with Gasteiger partial charge < -0.3 is 25.1 Å². The zero-order valence-electron chi connectivity index (χ0n) is 20.3. The molecule has 1 aliphatic rings. The molecule has 2 aromatic heterocycles. The van der Waals surface area contributed by atoms with E-state index in [9.17, 15) is 9.59 Å². The molecule has 0 aliphatic heterocycles. The Labute approximate surface area is 209 Å². The molecule has 8 heteroatoms. The van der Waals surface area contributed by atoms with Crippen molar-refractivity contribution >= 4 is 23.3 Å². The second kappa shape index (κ2) is 10.1. The van der Waals surface area contributed by atoms with E-state index in [1.165, 1.54) is 0 Å². The van der Waals surface area contributed by atoms with Crippen LogP contribution in [0, 0.1) is 6.92 Å². The molecule has 1 atom stereocenters. The minimum absolute atomic E-state index is 0.190. The Morgan fingerprint density at radius 1 is 1.08 bits per heavy atom. The monoisotopic (exact) mass is 483 g/mol. The summed E-state index contributed by atoms with van der Waals surface area (Å²) >= 11 is 0. The van der Waals surface area contributed by atoms with Gasteiger partial charge in [0.1, 0.15) is 18.0 Å². The molecular weight excluding hydrogens is 454 g/mol. The van der Waals surface area contributed by atoms with Gasteiger partial charge in [0, 0.05) is 29.7 Å². The largest absolute Gasteiger partial charge is 0.487 e. The van der Waals surface area contributed by atoms with Crippen LogP contribution in [-0.4, -0.2) is 27.4 Å². The molecule has 36 heavy (non-hydrogen) atoms. The molecule has 2 aromatic carbocycles. The molecule has 1 unspecified atom stereocenters. The smallest absolute Gasteiger partial charge is 0.319 e. The third kappa shape index (κ3) is 5.83. The van der Waals surface area contributed by atoms with Crippen LogP contribution < -0.4 is 20.7 Å². The van der Waals surface area contributed by atoms with Crippen molar-refractivity contribution in [2.45, 2.75) is 45.4 Å². The van der Waals surface area contributed by atoms with E-state index in [-0.39, 0.29) is 18.0 Å². The number of rotatable bonds is 8. The number of carbonyl (C=O) groups excluding carboxylic acids is 2. The highest BCUT2D eigenvalue weighted by Gasteiger charge is 2.23. The van der Waals surface area contributed by atoms with Crippen LogP contribution in [0.2, 0.25) is 0 Å². The first kappa shape index (κ1) is 23.4. The second-order valence-electron chi connectivity index (χ2n) is 9.21. The van der Waals surface area contributed by atoms with Crippen LogP contribution in [0.4, 0.5) is 10.5 Å². The third-order valence-corrected chi connectivity index (χ3v) is 6.06. The van der Waals surface area contributed by atoms with Gasteiger partial charge in [-0.2, -0.15) is 0 Å². The summed E-state index contributed by atoms with van der Waals surface area (Å²) in [5.74, 6) is 0.408. The predicted octanol–water partition coefficient (Wildman–Crippen LogP) is 5.00. The number of hydrogen-bond acceptors (Lipinski definition) is 4. The van der Waals surface area contributed by atoms with Crippen LogP contribution >= 0.6 is 0 Å². The molecule has 3 N–H and O–H groups in total. The summed E-state index contributed by atoms with van der Waals surface area (Å²) in [6, 6.07) is 18.5. The van der Waals surface area contributed by atoms with Crippen molar-refractivity contribution in [3.63, 3.8) is 0 Å². The van der Waals surface area contributed by atoms with E-state index in [1.807, 2.05) is 73.1 Å². The second-order valence-corrected chi connectivity index (χ2v) is 9.21. The van der Waals surface area contributed by atoms with Gasteiger partial charge in [-0.25, -0.2) is 9.78 Å². The lowest BCUT2D eigenvalue weighted by Gasteiger charge is -2.16. The predicted molar refractivity (Wildman–Crippen MR) is 138 cm³/mol. The number of imidazole rings is 1. The fraction of sp³-hybridized carbons (Fsp3) is 0.250. The fourth-order valence-corrected chi connectivity index (χ4v) is 3.91. The van der Waals surface area contributed by atoms with E-state index < -0.39 is 0 Å². The average Bonchev–Trinajstić information content (AvgIpc) is 3.59. The normalized spacial score (nSPS) is 13.7. The number of pyridine rings is 1. The van der Waals surface area contributed by atoms with Gasteiger partial charge in [0.25, 0.3) is 5.91 Å². The van der Waals surface area contributed by atoms with Crippen molar-refractivity contribution in [3.05, 3.63) is 95.4 Å².